The molecule has 0 spiro atoms. The van der Waals surface area contributed by atoms with Crippen LogP contribution in [0.3, 0.4) is 0 Å². The van der Waals surface area contributed by atoms with Gasteiger partial charge in [0.05, 0.1) is 23.1 Å². The number of hydrogen-bond acceptors (Lipinski definition) is 4. The summed E-state index contributed by atoms with van der Waals surface area (Å²) in [5, 5.41) is 9.10. The van der Waals surface area contributed by atoms with E-state index in [4.69, 9.17) is 5.73 Å². The Kier molecular flexibility index (Phi) is 2.81. The highest BCUT2D eigenvalue weighted by Crippen LogP contribution is 2.22. The number of rotatable bonds is 2. The Morgan fingerprint density at radius 2 is 2.22 bits per heavy atom. The summed E-state index contributed by atoms with van der Waals surface area (Å²) >= 11 is 3.41. The van der Waals surface area contributed by atoms with Crippen LogP contribution in [0.2, 0.25) is 0 Å². The summed E-state index contributed by atoms with van der Waals surface area (Å²) in [5.41, 5.74) is 8.07. The zero-order valence-corrected chi connectivity index (χ0v) is 11.0. The highest BCUT2D eigenvalue weighted by molar-refractivity contribution is 9.10. The summed E-state index contributed by atoms with van der Waals surface area (Å²) in [5.74, 6) is 0. The smallest absolute Gasteiger partial charge is 0.0967 e. The van der Waals surface area contributed by atoms with Crippen LogP contribution in [0, 0.1) is 0 Å². The van der Waals surface area contributed by atoms with Crippen LogP contribution in [-0.2, 0) is 6.54 Å². The van der Waals surface area contributed by atoms with Gasteiger partial charge in [-0.2, -0.15) is 0 Å². The van der Waals surface area contributed by atoms with E-state index >= 15 is 0 Å². The van der Waals surface area contributed by atoms with Crippen molar-refractivity contribution in [2.45, 2.75) is 6.54 Å². The molecule has 0 aliphatic heterocycles. The van der Waals surface area contributed by atoms with Gasteiger partial charge in [0, 0.05) is 22.6 Å². The molecule has 0 fully saturated rings. The average Bonchev–Trinajstić information content (AvgIpc) is 2.86. The minimum atomic E-state index is 0.379. The summed E-state index contributed by atoms with van der Waals surface area (Å²) < 4.78 is 2.65. The van der Waals surface area contributed by atoms with E-state index in [0.717, 1.165) is 26.8 Å². The van der Waals surface area contributed by atoms with E-state index in [1.807, 2.05) is 30.5 Å². The molecule has 2 aromatic heterocycles. The predicted octanol–water partition coefficient (Wildman–Crippen LogP) is 2.04. The van der Waals surface area contributed by atoms with Crippen LogP contribution < -0.4 is 5.73 Å². The Balaban J connectivity index is 2.22. The van der Waals surface area contributed by atoms with Crippen LogP contribution in [0.15, 0.2) is 41.1 Å². The molecule has 0 atom stereocenters. The number of nitrogens with zero attached hydrogens (tertiary/aromatic N) is 4. The molecule has 0 aliphatic carbocycles. The molecule has 5 nitrogen and oxygen atoms in total. The minimum Gasteiger partial charge on any atom is -0.325 e. The summed E-state index contributed by atoms with van der Waals surface area (Å²) in [4.78, 5) is 4.43. The molecule has 0 radical (unpaired) electrons. The molecule has 18 heavy (non-hydrogen) atoms. The molecule has 0 saturated heterocycles. The highest BCUT2D eigenvalue weighted by atomic mass is 79.9. The van der Waals surface area contributed by atoms with E-state index in [1.165, 1.54) is 0 Å². The van der Waals surface area contributed by atoms with Gasteiger partial charge in [-0.05, 0) is 28.1 Å². The molecular weight excluding hydrogens is 294 g/mol. The van der Waals surface area contributed by atoms with Gasteiger partial charge >= 0.3 is 0 Å². The fourth-order valence-electron chi connectivity index (χ4n) is 1.81. The number of nitrogens with two attached hydrogens (primary N) is 1. The van der Waals surface area contributed by atoms with Crippen LogP contribution in [0.1, 0.15) is 5.69 Å². The van der Waals surface area contributed by atoms with E-state index in [0.29, 0.717) is 6.54 Å². The monoisotopic (exact) mass is 303 g/mol. The predicted molar refractivity (Wildman–Crippen MR) is 72.3 cm³/mol. The van der Waals surface area contributed by atoms with Crippen LogP contribution >= 0.6 is 15.9 Å². The molecule has 3 rings (SSSR count). The number of aromatic nitrogens is 4. The normalized spacial score (nSPS) is 11.0. The molecule has 0 bridgehead atoms. The van der Waals surface area contributed by atoms with Crippen molar-refractivity contribution in [3.8, 4) is 5.69 Å². The number of pyridine rings is 1. The topological polar surface area (TPSA) is 69.6 Å². The maximum Gasteiger partial charge on any atom is 0.0967 e. The van der Waals surface area contributed by atoms with Gasteiger partial charge in [-0.1, -0.05) is 17.3 Å². The standard InChI is InChI=1S/C12H10BrN5/c13-9-4-8-2-1-3-11(12(8)15-6-9)18-7-10(5-14)16-17-18/h1-4,6-7H,5,14H2. The number of para-hydroxylation sites is 1. The Bertz CT molecular complexity index is 707. The third kappa shape index (κ3) is 1.89. The first-order valence-electron chi connectivity index (χ1n) is 5.44. The summed E-state index contributed by atoms with van der Waals surface area (Å²) in [6.07, 6.45) is 3.59. The second-order valence-corrected chi connectivity index (χ2v) is 4.78. The third-order valence-electron chi connectivity index (χ3n) is 2.65. The Morgan fingerprint density at radius 1 is 1.33 bits per heavy atom. The van der Waals surface area contributed by atoms with Crippen molar-refractivity contribution < 1.29 is 0 Å². The number of fused-ring (bicyclic) bond motifs is 1. The van der Waals surface area contributed by atoms with Gasteiger partial charge in [0.15, 0.2) is 0 Å². The second-order valence-electron chi connectivity index (χ2n) is 3.86. The minimum absolute atomic E-state index is 0.379. The van der Waals surface area contributed by atoms with Gasteiger partial charge in [-0.15, -0.1) is 5.10 Å². The lowest BCUT2D eigenvalue weighted by atomic mass is 10.2. The maximum absolute atomic E-state index is 5.54. The van der Waals surface area contributed by atoms with E-state index in [-0.39, 0.29) is 0 Å². The summed E-state index contributed by atoms with van der Waals surface area (Å²) in [6.45, 7) is 0.379. The lowest BCUT2D eigenvalue weighted by molar-refractivity contribution is 0.799. The van der Waals surface area contributed by atoms with E-state index < -0.39 is 0 Å². The average molecular weight is 304 g/mol. The first-order chi connectivity index (χ1) is 8.78. The molecule has 0 unspecified atom stereocenters. The molecule has 0 saturated carbocycles. The number of halogens is 1. The third-order valence-corrected chi connectivity index (χ3v) is 3.09. The molecule has 2 N–H and O–H groups in total. The molecule has 90 valence electrons. The van der Waals surface area contributed by atoms with Crippen molar-refractivity contribution in [3.05, 3.63) is 46.8 Å². The van der Waals surface area contributed by atoms with Gasteiger partial charge in [-0.3, -0.25) is 4.98 Å². The molecular formula is C12H10BrN5. The zero-order valence-electron chi connectivity index (χ0n) is 9.42. The van der Waals surface area contributed by atoms with E-state index in [1.54, 1.807) is 10.9 Å². The van der Waals surface area contributed by atoms with Crippen LogP contribution in [0.4, 0.5) is 0 Å². The fourth-order valence-corrected chi connectivity index (χ4v) is 2.16. The lowest BCUT2D eigenvalue weighted by Crippen LogP contribution is -1.97. The molecule has 0 aliphatic rings. The summed E-state index contributed by atoms with van der Waals surface area (Å²) in [7, 11) is 0. The first kappa shape index (κ1) is 11.3. The molecule has 1 aromatic carbocycles. The van der Waals surface area contributed by atoms with Gasteiger partial charge in [0.2, 0.25) is 0 Å². The Labute approximate surface area is 112 Å². The van der Waals surface area contributed by atoms with Crippen molar-refractivity contribution in [2.75, 3.05) is 0 Å². The largest absolute Gasteiger partial charge is 0.325 e. The molecule has 2 heterocycles. The Hall–Kier alpha value is -1.79. The van der Waals surface area contributed by atoms with Crippen molar-refractivity contribution in [2.24, 2.45) is 5.73 Å². The maximum atomic E-state index is 5.54. The SMILES string of the molecule is NCc1cn(-c2cccc3cc(Br)cnc23)nn1. The van der Waals surface area contributed by atoms with Crippen LogP contribution in [0.25, 0.3) is 16.6 Å². The van der Waals surface area contributed by atoms with Crippen molar-refractivity contribution in [1.29, 1.82) is 0 Å². The molecule has 0 amide bonds. The molecule has 6 heteroatoms. The lowest BCUT2D eigenvalue weighted by Gasteiger charge is -2.04. The van der Waals surface area contributed by atoms with E-state index in [2.05, 4.69) is 31.2 Å². The second kappa shape index (κ2) is 4.47. The number of hydrogen-bond donors (Lipinski definition) is 1. The molecule has 3 aromatic rings. The van der Waals surface area contributed by atoms with Crippen molar-refractivity contribution in [3.63, 3.8) is 0 Å². The Morgan fingerprint density at radius 3 is 3.00 bits per heavy atom. The fraction of sp³-hybridized carbons (Fsp3) is 0.0833. The highest BCUT2D eigenvalue weighted by Gasteiger charge is 2.07. The zero-order chi connectivity index (χ0) is 12.5. The first-order valence-corrected chi connectivity index (χ1v) is 6.23. The van der Waals surface area contributed by atoms with Crippen molar-refractivity contribution >= 4 is 26.8 Å². The van der Waals surface area contributed by atoms with E-state index in [9.17, 15) is 0 Å². The van der Waals surface area contributed by atoms with Crippen molar-refractivity contribution in [1.82, 2.24) is 20.0 Å². The van der Waals surface area contributed by atoms with Gasteiger partial charge in [-0.25, -0.2) is 4.68 Å². The quantitative estimate of drug-likeness (QED) is 0.786. The number of benzene rings is 1. The summed E-state index contributed by atoms with van der Waals surface area (Å²) in [6, 6.07) is 7.96. The van der Waals surface area contributed by atoms with Gasteiger partial charge < -0.3 is 5.73 Å². The van der Waals surface area contributed by atoms with Gasteiger partial charge in [0.25, 0.3) is 0 Å². The van der Waals surface area contributed by atoms with Crippen LogP contribution in [-0.4, -0.2) is 20.0 Å². The van der Waals surface area contributed by atoms with Crippen LogP contribution in [0.5, 0.6) is 0 Å². The van der Waals surface area contributed by atoms with Gasteiger partial charge in [0.1, 0.15) is 0 Å².